The Labute approximate surface area is 138 Å². The Kier molecular flexibility index (Phi) is 4.26. The first-order valence-electron chi connectivity index (χ1n) is 7.51. The summed E-state index contributed by atoms with van der Waals surface area (Å²) in [6.45, 7) is 5.59. The second-order valence-corrected chi connectivity index (χ2v) is 6.96. The molecule has 0 saturated heterocycles. The third-order valence-electron chi connectivity index (χ3n) is 3.94. The molecule has 1 amide bonds. The van der Waals surface area contributed by atoms with Gasteiger partial charge in [0.05, 0.1) is 10.9 Å². The predicted molar refractivity (Wildman–Crippen MR) is 89.0 cm³/mol. The number of thioether (sulfide) groups is 1. The number of carbonyl (C=O) groups excluding carboxylic acids is 2. The molecule has 1 atom stereocenters. The van der Waals surface area contributed by atoms with Gasteiger partial charge in [0, 0.05) is 17.7 Å². The Morgan fingerprint density at radius 1 is 1.35 bits per heavy atom. The van der Waals surface area contributed by atoms with Crippen molar-refractivity contribution in [3.05, 3.63) is 40.8 Å². The molecule has 3 rings (SSSR count). The zero-order chi connectivity index (χ0) is 16.6. The van der Waals surface area contributed by atoms with Crippen LogP contribution >= 0.6 is 11.8 Å². The summed E-state index contributed by atoms with van der Waals surface area (Å²) in [5, 5.41) is 3.05. The quantitative estimate of drug-likeness (QED) is 0.686. The van der Waals surface area contributed by atoms with Crippen molar-refractivity contribution in [2.45, 2.75) is 44.1 Å². The number of oxazole rings is 1. The monoisotopic (exact) mass is 330 g/mol. The van der Waals surface area contributed by atoms with E-state index >= 15 is 0 Å². The molecule has 0 fully saturated rings. The summed E-state index contributed by atoms with van der Waals surface area (Å²) < 4.78 is 5.53. The van der Waals surface area contributed by atoms with Crippen LogP contribution < -0.4 is 5.32 Å². The number of rotatable bonds is 4. The minimum atomic E-state index is -0.288. The maximum Gasteiger partial charge on any atom is 0.256 e. The Bertz CT molecular complexity index is 763. The smallest absolute Gasteiger partial charge is 0.256 e. The summed E-state index contributed by atoms with van der Waals surface area (Å²) in [5.41, 5.74) is 3.31. The molecule has 120 valence electrons. The van der Waals surface area contributed by atoms with Crippen LogP contribution in [-0.2, 0) is 11.2 Å². The highest BCUT2D eigenvalue weighted by Crippen LogP contribution is 2.29. The van der Waals surface area contributed by atoms with E-state index in [9.17, 15) is 9.59 Å². The summed E-state index contributed by atoms with van der Waals surface area (Å²) in [6.07, 6.45) is 1.13. The molecule has 1 N–H and O–H groups in total. The van der Waals surface area contributed by atoms with Crippen molar-refractivity contribution in [3.8, 4) is 0 Å². The van der Waals surface area contributed by atoms with Crippen LogP contribution in [0.4, 0.5) is 5.69 Å². The van der Waals surface area contributed by atoms with Gasteiger partial charge in [-0.25, -0.2) is 4.98 Å². The lowest BCUT2D eigenvalue weighted by molar-refractivity contribution is -0.116. The number of anilines is 1. The molecule has 0 bridgehead atoms. The van der Waals surface area contributed by atoms with Crippen LogP contribution in [0.25, 0.3) is 0 Å². The Morgan fingerprint density at radius 3 is 2.83 bits per heavy atom. The predicted octanol–water partition coefficient (Wildman–Crippen LogP) is 3.54. The molecule has 6 heteroatoms. The van der Waals surface area contributed by atoms with E-state index in [1.165, 1.54) is 11.8 Å². The molecular weight excluding hydrogens is 312 g/mol. The van der Waals surface area contributed by atoms with Crippen molar-refractivity contribution >= 4 is 29.1 Å². The van der Waals surface area contributed by atoms with Crippen LogP contribution in [0.5, 0.6) is 0 Å². The zero-order valence-electron chi connectivity index (χ0n) is 13.3. The number of carbonyl (C=O) groups is 2. The number of hydrogen-bond donors (Lipinski definition) is 1. The molecule has 23 heavy (non-hydrogen) atoms. The molecule has 0 radical (unpaired) electrons. The van der Waals surface area contributed by atoms with Gasteiger partial charge in [-0.2, -0.15) is 0 Å². The Hall–Kier alpha value is -2.08. The first kappa shape index (κ1) is 15.8. The number of ketones is 1. The van der Waals surface area contributed by atoms with E-state index in [1.54, 1.807) is 12.1 Å². The van der Waals surface area contributed by atoms with Crippen LogP contribution in [-0.4, -0.2) is 21.9 Å². The van der Waals surface area contributed by atoms with Gasteiger partial charge in [-0.05, 0) is 51.0 Å². The molecular formula is C17H18N2O3S. The number of aryl methyl sites for hydroxylation is 3. The lowest BCUT2D eigenvalue weighted by Gasteiger charge is -2.18. The maximum absolute atomic E-state index is 12.6. The number of nitrogens with one attached hydrogen (secondary N) is 1. The number of benzene rings is 1. The third kappa shape index (κ3) is 3.32. The molecule has 1 aromatic carbocycles. The van der Waals surface area contributed by atoms with Gasteiger partial charge < -0.3 is 9.73 Å². The number of hydrogen-bond acceptors (Lipinski definition) is 5. The highest BCUT2D eigenvalue weighted by Gasteiger charge is 2.22. The lowest BCUT2D eigenvalue weighted by atomic mass is 9.98. The van der Waals surface area contributed by atoms with Gasteiger partial charge in [0.2, 0.25) is 5.91 Å². The van der Waals surface area contributed by atoms with Crippen molar-refractivity contribution in [1.29, 1.82) is 0 Å². The summed E-state index contributed by atoms with van der Waals surface area (Å²) in [6, 6.07) is 5.44. The fraction of sp³-hybridized carbons (Fsp3) is 0.353. The van der Waals surface area contributed by atoms with Crippen molar-refractivity contribution in [1.82, 2.24) is 4.98 Å². The van der Waals surface area contributed by atoms with Crippen LogP contribution in [0.1, 0.15) is 40.7 Å². The van der Waals surface area contributed by atoms with Crippen molar-refractivity contribution < 1.29 is 14.0 Å². The summed E-state index contributed by atoms with van der Waals surface area (Å²) in [7, 11) is 0. The van der Waals surface area contributed by atoms with Gasteiger partial charge in [-0.1, -0.05) is 11.8 Å². The highest BCUT2D eigenvalue weighted by molar-refractivity contribution is 8.00. The molecule has 0 saturated carbocycles. The molecule has 2 heterocycles. The Morgan fingerprint density at radius 2 is 2.13 bits per heavy atom. The normalized spacial score (nSPS) is 15.0. The summed E-state index contributed by atoms with van der Waals surface area (Å²) in [4.78, 5) is 28.3. The number of Topliss-reactive ketones (excluding diaryl/α,β-unsaturated/α-hetero) is 1. The van der Waals surface area contributed by atoms with Gasteiger partial charge in [0.15, 0.2) is 5.78 Å². The molecule has 2 aromatic rings. The van der Waals surface area contributed by atoms with Gasteiger partial charge in [-0.3, -0.25) is 9.59 Å². The topological polar surface area (TPSA) is 72.2 Å². The van der Waals surface area contributed by atoms with E-state index in [1.807, 2.05) is 26.8 Å². The number of fused-ring (bicyclic) bond motifs is 1. The molecule has 1 aliphatic rings. The molecule has 0 spiro atoms. The van der Waals surface area contributed by atoms with Gasteiger partial charge in [0.25, 0.3) is 5.22 Å². The first-order valence-corrected chi connectivity index (χ1v) is 8.39. The van der Waals surface area contributed by atoms with Crippen LogP contribution in [0.2, 0.25) is 0 Å². The highest BCUT2D eigenvalue weighted by atomic mass is 32.2. The third-order valence-corrected chi connectivity index (χ3v) is 4.88. The van der Waals surface area contributed by atoms with Crippen LogP contribution in [0.15, 0.2) is 27.8 Å². The minimum Gasteiger partial charge on any atom is -0.437 e. The SMILES string of the molecule is Cc1nc(S[C@@H](C)C(=O)c2ccc3c(c2)CCC(=O)N3)oc1C. The molecule has 0 unspecified atom stereocenters. The number of aromatic nitrogens is 1. The van der Waals surface area contributed by atoms with E-state index in [0.717, 1.165) is 22.7 Å². The molecule has 0 aliphatic carbocycles. The van der Waals surface area contributed by atoms with Crippen LogP contribution in [0, 0.1) is 13.8 Å². The summed E-state index contributed by atoms with van der Waals surface area (Å²) >= 11 is 1.32. The van der Waals surface area contributed by atoms with E-state index in [2.05, 4.69) is 10.3 Å². The van der Waals surface area contributed by atoms with Gasteiger partial charge in [-0.15, -0.1) is 0 Å². The van der Waals surface area contributed by atoms with Crippen molar-refractivity contribution in [2.24, 2.45) is 0 Å². The fourth-order valence-corrected chi connectivity index (χ4v) is 3.38. The van der Waals surface area contributed by atoms with Gasteiger partial charge >= 0.3 is 0 Å². The molecule has 1 aromatic heterocycles. The average molecular weight is 330 g/mol. The lowest BCUT2D eigenvalue weighted by Crippen LogP contribution is -2.20. The Balaban J connectivity index is 1.75. The standard InChI is InChI=1S/C17H18N2O3S/c1-9-10(2)22-17(18-9)23-11(3)16(21)13-4-6-14-12(8-13)5-7-15(20)19-14/h4,6,8,11H,5,7H2,1-3H3,(H,19,20)/t11-/m0/s1. The van der Waals surface area contributed by atoms with Crippen molar-refractivity contribution in [3.63, 3.8) is 0 Å². The van der Waals surface area contributed by atoms with Crippen molar-refractivity contribution in [2.75, 3.05) is 5.32 Å². The van der Waals surface area contributed by atoms with Gasteiger partial charge in [0.1, 0.15) is 5.76 Å². The zero-order valence-corrected chi connectivity index (χ0v) is 14.1. The van der Waals surface area contributed by atoms with E-state index in [0.29, 0.717) is 23.6 Å². The molecule has 1 aliphatic heterocycles. The molecule has 5 nitrogen and oxygen atoms in total. The minimum absolute atomic E-state index is 0.0233. The first-order chi connectivity index (χ1) is 10.9. The second-order valence-electron chi connectivity index (χ2n) is 5.67. The largest absolute Gasteiger partial charge is 0.437 e. The average Bonchev–Trinajstić information content (AvgIpc) is 2.83. The number of amides is 1. The van der Waals surface area contributed by atoms with E-state index in [4.69, 9.17) is 4.42 Å². The maximum atomic E-state index is 12.6. The fourth-order valence-electron chi connectivity index (χ4n) is 2.47. The summed E-state index contributed by atoms with van der Waals surface area (Å²) in [5.74, 6) is 0.829. The van der Waals surface area contributed by atoms with E-state index in [-0.39, 0.29) is 16.9 Å². The number of nitrogens with zero attached hydrogens (tertiary/aromatic N) is 1. The second kappa shape index (κ2) is 6.20. The van der Waals surface area contributed by atoms with Crippen LogP contribution in [0.3, 0.4) is 0 Å². The van der Waals surface area contributed by atoms with E-state index < -0.39 is 0 Å².